The molecule has 0 radical (unpaired) electrons. The van der Waals surface area contributed by atoms with Gasteiger partial charge in [-0.15, -0.1) is 0 Å². The normalized spacial score (nSPS) is 18.5. The van der Waals surface area contributed by atoms with Gasteiger partial charge in [0.1, 0.15) is 0 Å². The number of aryl methyl sites for hydroxylation is 1. The van der Waals surface area contributed by atoms with Crippen LogP contribution < -0.4 is 5.32 Å². The van der Waals surface area contributed by atoms with Gasteiger partial charge in [-0.05, 0) is 42.5 Å². The van der Waals surface area contributed by atoms with E-state index in [0.29, 0.717) is 12.0 Å². The van der Waals surface area contributed by atoms with Gasteiger partial charge in [0.2, 0.25) is 0 Å². The summed E-state index contributed by atoms with van der Waals surface area (Å²) in [5, 5.41) is 3.68. The molecule has 0 spiro atoms. The summed E-state index contributed by atoms with van der Waals surface area (Å²) >= 11 is 0. The van der Waals surface area contributed by atoms with Crippen LogP contribution in [0.1, 0.15) is 41.1 Å². The average Bonchev–Trinajstić information content (AvgIpc) is 2.40. The second-order valence-corrected chi connectivity index (χ2v) is 5.59. The molecule has 3 rings (SSSR count). The molecule has 1 nitrogen and oxygen atoms in total. The zero-order valence-electron chi connectivity index (χ0n) is 11.7. The Labute approximate surface area is 115 Å². The molecule has 0 amide bonds. The molecule has 0 heterocycles. The van der Waals surface area contributed by atoms with Crippen LogP contribution in [0.5, 0.6) is 0 Å². The summed E-state index contributed by atoms with van der Waals surface area (Å²) in [6.07, 6.45) is 1.23. The molecule has 1 aliphatic rings. The number of hydrogen-bond acceptors (Lipinski definition) is 1. The van der Waals surface area contributed by atoms with Crippen LogP contribution in [0.4, 0.5) is 0 Å². The molecule has 2 aromatic carbocycles. The highest BCUT2D eigenvalue weighted by Crippen LogP contribution is 2.34. The van der Waals surface area contributed by atoms with Crippen molar-refractivity contribution in [3.8, 4) is 0 Å². The quantitative estimate of drug-likeness (QED) is 0.866. The molecule has 0 fully saturated rings. The predicted octanol–water partition coefficient (Wildman–Crippen LogP) is 3.99. The molecule has 0 saturated carbocycles. The summed E-state index contributed by atoms with van der Waals surface area (Å²) in [6, 6.07) is 17.9. The standard InChI is InChI=1S/C18H21N/c1-13-7-3-5-9-17(13)14(2)19-12-16-11-15-8-4-6-10-18(15)16/h3-10,14,16,19H,11-12H2,1-2H3/t14-,16?/m0/s1. The Kier molecular flexibility index (Phi) is 3.39. The zero-order valence-corrected chi connectivity index (χ0v) is 11.7. The number of hydrogen-bond donors (Lipinski definition) is 1. The lowest BCUT2D eigenvalue weighted by Gasteiger charge is -2.31. The first-order chi connectivity index (χ1) is 9.25. The number of nitrogens with one attached hydrogen (secondary N) is 1. The Bertz CT molecular complexity index is 573. The maximum Gasteiger partial charge on any atom is 0.0294 e. The SMILES string of the molecule is Cc1ccccc1[C@H](C)NCC1Cc2ccccc21. The summed E-state index contributed by atoms with van der Waals surface area (Å²) in [4.78, 5) is 0. The van der Waals surface area contributed by atoms with Crippen LogP contribution >= 0.6 is 0 Å². The molecule has 98 valence electrons. The summed E-state index contributed by atoms with van der Waals surface area (Å²) in [6.45, 7) is 5.52. The van der Waals surface area contributed by atoms with Gasteiger partial charge in [-0.3, -0.25) is 0 Å². The molecule has 2 aromatic rings. The number of rotatable bonds is 4. The van der Waals surface area contributed by atoms with Gasteiger partial charge in [0.25, 0.3) is 0 Å². The minimum atomic E-state index is 0.425. The molecular formula is C18H21N. The summed E-state index contributed by atoms with van der Waals surface area (Å²) in [5.41, 5.74) is 5.84. The third-order valence-corrected chi connectivity index (χ3v) is 4.29. The maximum absolute atomic E-state index is 3.68. The van der Waals surface area contributed by atoms with Crippen LogP contribution in [0, 0.1) is 6.92 Å². The van der Waals surface area contributed by atoms with E-state index in [1.165, 1.54) is 28.7 Å². The Balaban J connectivity index is 1.61. The Morgan fingerprint density at radius 3 is 2.63 bits per heavy atom. The fraction of sp³-hybridized carbons (Fsp3) is 0.333. The van der Waals surface area contributed by atoms with Crippen molar-refractivity contribution in [2.24, 2.45) is 0 Å². The van der Waals surface area contributed by atoms with Crippen LogP contribution in [0.3, 0.4) is 0 Å². The number of fused-ring (bicyclic) bond motifs is 1. The summed E-state index contributed by atoms with van der Waals surface area (Å²) < 4.78 is 0. The van der Waals surface area contributed by atoms with E-state index in [1.807, 2.05) is 0 Å². The van der Waals surface area contributed by atoms with E-state index in [2.05, 4.69) is 67.7 Å². The van der Waals surface area contributed by atoms with Crippen molar-refractivity contribution in [3.05, 3.63) is 70.8 Å². The lowest BCUT2D eigenvalue weighted by molar-refractivity contribution is 0.488. The molecule has 19 heavy (non-hydrogen) atoms. The van der Waals surface area contributed by atoms with E-state index < -0.39 is 0 Å². The highest BCUT2D eigenvalue weighted by atomic mass is 14.9. The highest BCUT2D eigenvalue weighted by molar-refractivity contribution is 5.40. The van der Waals surface area contributed by atoms with Crippen molar-refractivity contribution in [1.29, 1.82) is 0 Å². The van der Waals surface area contributed by atoms with Gasteiger partial charge < -0.3 is 5.32 Å². The second kappa shape index (κ2) is 5.18. The average molecular weight is 251 g/mol. The predicted molar refractivity (Wildman–Crippen MR) is 80.5 cm³/mol. The van der Waals surface area contributed by atoms with Crippen molar-refractivity contribution in [1.82, 2.24) is 5.32 Å². The van der Waals surface area contributed by atoms with Gasteiger partial charge in [-0.25, -0.2) is 0 Å². The van der Waals surface area contributed by atoms with Crippen LogP contribution in [0.15, 0.2) is 48.5 Å². The molecule has 0 bridgehead atoms. The van der Waals surface area contributed by atoms with Gasteiger partial charge in [0.15, 0.2) is 0 Å². The Morgan fingerprint density at radius 2 is 1.84 bits per heavy atom. The molecule has 1 N–H and O–H groups in total. The molecule has 0 saturated heterocycles. The Hall–Kier alpha value is -1.60. The molecular weight excluding hydrogens is 230 g/mol. The van der Waals surface area contributed by atoms with Gasteiger partial charge >= 0.3 is 0 Å². The number of benzene rings is 2. The molecule has 1 unspecified atom stereocenters. The van der Waals surface area contributed by atoms with Crippen LogP contribution in [-0.2, 0) is 6.42 Å². The fourth-order valence-electron chi connectivity index (χ4n) is 3.05. The largest absolute Gasteiger partial charge is 0.310 e. The van der Waals surface area contributed by atoms with E-state index in [1.54, 1.807) is 0 Å². The zero-order chi connectivity index (χ0) is 13.2. The third kappa shape index (κ3) is 2.43. The van der Waals surface area contributed by atoms with E-state index in [0.717, 1.165) is 6.54 Å². The lowest BCUT2D eigenvalue weighted by atomic mass is 9.77. The lowest BCUT2D eigenvalue weighted by Crippen LogP contribution is -2.31. The van der Waals surface area contributed by atoms with Gasteiger partial charge in [0.05, 0.1) is 0 Å². The van der Waals surface area contributed by atoms with Gasteiger partial charge in [-0.1, -0.05) is 48.5 Å². The summed E-state index contributed by atoms with van der Waals surface area (Å²) in [7, 11) is 0. The fourth-order valence-corrected chi connectivity index (χ4v) is 3.05. The molecule has 2 atom stereocenters. The van der Waals surface area contributed by atoms with Crippen molar-refractivity contribution < 1.29 is 0 Å². The molecule has 0 aromatic heterocycles. The van der Waals surface area contributed by atoms with Gasteiger partial charge in [-0.2, -0.15) is 0 Å². The van der Waals surface area contributed by atoms with Crippen LogP contribution in [0.25, 0.3) is 0 Å². The monoisotopic (exact) mass is 251 g/mol. The van der Waals surface area contributed by atoms with E-state index in [-0.39, 0.29) is 0 Å². The molecule has 1 heteroatoms. The van der Waals surface area contributed by atoms with Crippen LogP contribution in [-0.4, -0.2) is 6.54 Å². The highest BCUT2D eigenvalue weighted by Gasteiger charge is 2.25. The first-order valence-corrected chi connectivity index (χ1v) is 7.12. The van der Waals surface area contributed by atoms with Gasteiger partial charge in [0, 0.05) is 18.5 Å². The van der Waals surface area contributed by atoms with Crippen molar-refractivity contribution in [3.63, 3.8) is 0 Å². The minimum Gasteiger partial charge on any atom is -0.310 e. The van der Waals surface area contributed by atoms with E-state index in [4.69, 9.17) is 0 Å². The third-order valence-electron chi connectivity index (χ3n) is 4.29. The molecule has 1 aliphatic carbocycles. The smallest absolute Gasteiger partial charge is 0.0294 e. The first kappa shape index (κ1) is 12.4. The van der Waals surface area contributed by atoms with E-state index >= 15 is 0 Å². The minimum absolute atomic E-state index is 0.425. The second-order valence-electron chi connectivity index (χ2n) is 5.59. The first-order valence-electron chi connectivity index (χ1n) is 7.12. The van der Waals surface area contributed by atoms with E-state index in [9.17, 15) is 0 Å². The van der Waals surface area contributed by atoms with Crippen molar-refractivity contribution >= 4 is 0 Å². The Morgan fingerprint density at radius 1 is 1.11 bits per heavy atom. The molecule has 0 aliphatic heterocycles. The summed E-state index contributed by atoms with van der Waals surface area (Å²) in [5.74, 6) is 0.697. The maximum atomic E-state index is 3.68. The topological polar surface area (TPSA) is 12.0 Å². The van der Waals surface area contributed by atoms with Crippen molar-refractivity contribution in [2.45, 2.75) is 32.2 Å². The van der Waals surface area contributed by atoms with Crippen LogP contribution in [0.2, 0.25) is 0 Å². The van der Waals surface area contributed by atoms with Crippen molar-refractivity contribution in [2.75, 3.05) is 6.54 Å².